The summed E-state index contributed by atoms with van der Waals surface area (Å²) < 4.78 is 13.5. The maximum Gasteiger partial charge on any atom is 0.238 e. The number of fused-ring (bicyclic) bond motifs is 1. The number of hydrogen-bond acceptors (Lipinski definition) is 3. The van der Waals surface area contributed by atoms with Gasteiger partial charge in [-0.2, -0.15) is 0 Å². The molecule has 5 heteroatoms. The van der Waals surface area contributed by atoms with Gasteiger partial charge in [0.1, 0.15) is 5.82 Å². The van der Waals surface area contributed by atoms with Crippen molar-refractivity contribution in [2.45, 2.75) is 25.3 Å². The number of para-hydroxylation sites is 1. The van der Waals surface area contributed by atoms with Gasteiger partial charge in [0.2, 0.25) is 5.91 Å². The number of rotatable bonds is 3. The molecule has 3 unspecified atom stereocenters. The Bertz CT molecular complexity index is 522. The molecular formula is C16H22FN3O. The van der Waals surface area contributed by atoms with Crippen molar-refractivity contribution in [3.63, 3.8) is 0 Å². The normalized spacial score (nSPS) is 29.1. The number of nitrogens with two attached hydrogens (primary N) is 1. The van der Waals surface area contributed by atoms with Gasteiger partial charge in [0.05, 0.1) is 12.2 Å². The van der Waals surface area contributed by atoms with Gasteiger partial charge in [-0.25, -0.2) is 4.39 Å². The second kappa shape index (κ2) is 6.12. The quantitative estimate of drug-likeness (QED) is 0.893. The molecule has 1 saturated heterocycles. The SMILES string of the molecule is NC1CCCC2CN(CC(=O)Nc3ccccc3F)CC12. The molecule has 114 valence electrons. The van der Waals surface area contributed by atoms with Crippen LogP contribution in [-0.4, -0.2) is 36.5 Å². The van der Waals surface area contributed by atoms with Crippen molar-refractivity contribution >= 4 is 11.6 Å². The first-order valence-electron chi connectivity index (χ1n) is 7.66. The van der Waals surface area contributed by atoms with Crippen molar-refractivity contribution in [2.75, 3.05) is 25.0 Å². The smallest absolute Gasteiger partial charge is 0.238 e. The first-order chi connectivity index (χ1) is 10.1. The number of amides is 1. The van der Waals surface area contributed by atoms with Crippen molar-refractivity contribution in [2.24, 2.45) is 17.6 Å². The van der Waals surface area contributed by atoms with Gasteiger partial charge in [-0.15, -0.1) is 0 Å². The third kappa shape index (κ3) is 3.24. The van der Waals surface area contributed by atoms with Crippen LogP contribution in [0, 0.1) is 17.7 Å². The molecular weight excluding hydrogens is 269 g/mol. The summed E-state index contributed by atoms with van der Waals surface area (Å²) in [5, 5.41) is 2.64. The number of halogens is 1. The molecule has 2 fully saturated rings. The highest BCUT2D eigenvalue weighted by Crippen LogP contribution is 2.35. The van der Waals surface area contributed by atoms with Crippen molar-refractivity contribution < 1.29 is 9.18 Å². The van der Waals surface area contributed by atoms with E-state index >= 15 is 0 Å². The summed E-state index contributed by atoms with van der Waals surface area (Å²) in [6.07, 6.45) is 3.50. The lowest BCUT2D eigenvalue weighted by atomic mass is 9.78. The van der Waals surface area contributed by atoms with E-state index in [-0.39, 0.29) is 17.6 Å². The van der Waals surface area contributed by atoms with E-state index in [1.165, 1.54) is 18.9 Å². The largest absolute Gasteiger partial charge is 0.327 e. The molecule has 0 aromatic heterocycles. The third-order valence-corrected chi connectivity index (χ3v) is 4.74. The molecule has 3 rings (SSSR count). The van der Waals surface area contributed by atoms with Crippen LogP contribution in [0.4, 0.5) is 10.1 Å². The lowest BCUT2D eigenvalue weighted by molar-refractivity contribution is -0.117. The van der Waals surface area contributed by atoms with Gasteiger partial charge in [-0.05, 0) is 36.8 Å². The minimum absolute atomic E-state index is 0.160. The van der Waals surface area contributed by atoms with Gasteiger partial charge in [0, 0.05) is 19.1 Å². The van der Waals surface area contributed by atoms with Crippen LogP contribution in [0.25, 0.3) is 0 Å². The lowest BCUT2D eigenvalue weighted by Gasteiger charge is -2.29. The molecule has 0 radical (unpaired) electrons. The molecule has 1 aliphatic heterocycles. The fraction of sp³-hybridized carbons (Fsp3) is 0.562. The fourth-order valence-corrected chi connectivity index (χ4v) is 3.69. The molecule has 3 atom stereocenters. The fourth-order valence-electron chi connectivity index (χ4n) is 3.69. The van der Waals surface area contributed by atoms with Crippen LogP contribution in [0.15, 0.2) is 24.3 Å². The highest BCUT2D eigenvalue weighted by molar-refractivity contribution is 5.92. The van der Waals surface area contributed by atoms with Crippen LogP contribution in [-0.2, 0) is 4.79 Å². The van der Waals surface area contributed by atoms with Gasteiger partial charge in [-0.3, -0.25) is 9.69 Å². The predicted molar refractivity (Wildman–Crippen MR) is 80.3 cm³/mol. The highest BCUT2D eigenvalue weighted by Gasteiger charge is 2.38. The Morgan fingerprint density at radius 2 is 2.14 bits per heavy atom. The van der Waals surface area contributed by atoms with E-state index in [1.807, 2.05) is 0 Å². The Hall–Kier alpha value is -1.46. The molecule has 4 nitrogen and oxygen atoms in total. The number of likely N-dealkylation sites (tertiary alicyclic amines) is 1. The summed E-state index contributed by atoms with van der Waals surface area (Å²) in [5.74, 6) is 0.574. The Labute approximate surface area is 124 Å². The van der Waals surface area contributed by atoms with Gasteiger partial charge in [0.25, 0.3) is 0 Å². The molecule has 1 heterocycles. The minimum Gasteiger partial charge on any atom is -0.327 e. The molecule has 1 aromatic carbocycles. The van der Waals surface area contributed by atoms with E-state index < -0.39 is 5.82 Å². The van der Waals surface area contributed by atoms with Gasteiger partial charge < -0.3 is 11.1 Å². The zero-order chi connectivity index (χ0) is 14.8. The van der Waals surface area contributed by atoms with Gasteiger partial charge in [0.15, 0.2) is 0 Å². The van der Waals surface area contributed by atoms with Crippen LogP contribution < -0.4 is 11.1 Å². The van der Waals surface area contributed by atoms with E-state index in [9.17, 15) is 9.18 Å². The summed E-state index contributed by atoms with van der Waals surface area (Å²) in [5.41, 5.74) is 6.43. The topological polar surface area (TPSA) is 58.4 Å². The minimum atomic E-state index is -0.400. The summed E-state index contributed by atoms with van der Waals surface area (Å²) in [4.78, 5) is 14.2. The number of carbonyl (C=O) groups is 1. The third-order valence-electron chi connectivity index (χ3n) is 4.74. The van der Waals surface area contributed by atoms with Crippen LogP contribution in [0.1, 0.15) is 19.3 Å². The van der Waals surface area contributed by atoms with Crippen LogP contribution in [0.2, 0.25) is 0 Å². The summed E-state index contributed by atoms with van der Waals surface area (Å²) in [6, 6.07) is 6.51. The number of carbonyl (C=O) groups excluding carboxylic acids is 1. The molecule has 21 heavy (non-hydrogen) atoms. The molecule has 1 saturated carbocycles. The van der Waals surface area contributed by atoms with Crippen LogP contribution >= 0.6 is 0 Å². The Morgan fingerprint density at radius 1 is 1.33 bits per heavy atom. The van der Waals surface area contributed by atoms with E-state index in [0.717, 1.165) is 19.5 Å². The molecule has 2 aliphatic rings. The first kappa shape index (κ1) is 14.5. The Kier molecular flexibility index (Phi) is 4.22. The number of benzene rings is 1. The molecule has 1 aliphatic carbocycles. The number of nitrogens with one attached hydrogen (secondary N) is 1. The van der Waals surface area contributed by atoms with Crippen molar-refractivity contribution in [3.05, 3.63) is 30.1 Å². The van der Waals surface area contributed by atoms with Crippen LogP contribution in [0.5, 0.6) is 0 Å². The molecule has 1 amide bonds. The van der Waals surface area contributed by atoms with Crippen LogP contribution in [0.3, 0.4) is 0 Å². The van der Waals surface area contributed by atoms with Crippen molar-refractivity contribution in [3.8, 4) is 0 Å². The molecule has 0 spiro atoms. The van der Waals surface area contributed by atoms with Gasteiger partial charge in [-0.1, -0.05) is 18.6 Å². The zero-order valence-corrected chi connectivity index (χ0v) is 12.1. The summed E-state index contributed by atoms with van der Waals surface area (Å²) >= 11 is 0. The predicted octanol–water partition coefficient (Wildman–Crippen LogP) is 1.82. The number of nitrogens with zero attached hydrogens (tertiary/aromatic N) is 1. The maximum atomic E-state index is 13.5. The van der Waals surface area contributed by atoms with Crippen molar-refractivity contribution in [1.29, 1.82) is 0 Å². The monoisotopic (exact) mass is 291 g/mol. The Morgan fingerprint density at radius 3 is 2.90 bits per heavy atom. The summed E-state index contributed by atoms with van der Waals surface area (Å²) in [7, 11) is 0. The number of anilines is 1. The standard InChI is InChI=1S/C16H22FN3O/c17-13-5-1-2-7-15(13)19-16(21)10-20-8-11-4-3-6-14(18)12(11)9-20/h1-2,5,7,11-12,14H,3-4,6,8-10,18H2,(H,19,21). The van der Waals surface area contributed by atoms with E-state index in [2.05, 4.69) is 10.2 Å². The maximum absolute atomic E-state index is 13.5. The highest BCUT2D eigenvalue weighted by atomic mass is 19.1. The molecule has 1 aromatic rings. The van der Waals surface area contributed by atoms with E-state index in [1.54, 1.807) is 18.2 Å². The summed E-state index contributed by atoms with van der Waals surface area (Å²) in [6.45, 7) is 2.13. The van der Waals surface area contributed by atoms with Gasteiger partial charge >= 0.3 is 0 Å². The Balaban J connectivity index is 1.55. The molecule has 3 N–H and O–H groups in total. The van der Waals surface area contributed by atoms with Crippen molar-refractivity contribution in [1.82, 2.24) is 4.90 Å². The molecule has 0 bridgehead atoms. The van der Waals surface area contributed by atoms with E-state index in [4.69, 9.17) is 5.73 Å². The second-order valence-corrected chi connectivity index (χ2v) is 6.24. The first-order valence-corrected chi connectivity index (χ1v) is 7.66. The average molecular weight is 291 g/mol. The zero-order valence-electron chi connectivity index (χ0n) is 12.1. The second-order valence-electron chi connectivity index (χ2n) is 6.24. The average Bonchev–Trinajstić information content (AvgIpc) is 2.85. The number of hydrogen-bond donors (Lipinski definition) is 2. The van der Waals surface area contributed by atoms with E-state index in [0.29, 0.717) is 18.4 Å². The lowest BCUT2D eigenvalue weighted by Crippen LogP contribution is -2.38.